The summed E-state index contributed by atoms with van der Waals surface area (Å²) < 4.78 is 1.66. The van der Waals surface area contributed by atoms with Crippen molar-refractivity contribution < 1.29 is 4.79 Å². The minimum absolute atomic E-state index is 0.135. The highest BCUT2D eigenvalue weighted by atomic mass is 16.1. The molecule has 0 aliphatic carbocycles. The van der Waals surface area contributed by atoms with Gasteiger partial charge in [-0.05, 0) is 43.0 Å². The van der Waals surface area contributed by atoms with Gasteiger partial charge in [-0.1, -0.05) is 56.3 Å². The summed E-state index contributed by atoms with van der Waals surface area (Å²) in [6.07, 6.45) is 2.04. The van der Waals surface area contributed by atoms with Gasteiger partial charge in [0.15, 0.2) is 0 Å². The quantitative estimate of drug-likeness (QED) is 0.689. The summed E-state index contributed by atoms with van der Waals surface area (Å²) in [6.45, 7) is 5.74. The fraction of sp³-hybridized carbons (Fsp3) is 0.261. The zero-order valence-corrected chi connectivity index (χ0v) is 16.5. The number of nitrogens with one attached hydrogen (secondary N) is 1. The largest absolute Gasteiger partial charge is 0.310 e. The summed E-state index contributed by atoms with van der Waals surface area (Å²) in [7, 11) is 0. The number of carbonyl (C=O) groups is 1. The highest BCUT2D eigenvalue weighted by molar-refractivity contribution is 5.94. The molecule has 144 valence electrons. The molecule has 0 bridgehead atoms. The van der Waals surface area contributed by atoms with Gasteiger partial charge in [0.2, 0.25) is 11.3 Å². The number of rotatable bonds is 6. The van der Waals surface area contributed by atoms with Gasteiger partial charge in [0, 0.05) is 6.42 Å². The van der Waals surface area contributed by atoms with E-state index in [4.69, 9.17) is 0 Å². The second kappa shape index (κ2) is 8.65. The third kappa shape index (κ3) is 4.03. The minimum atomic E-state index is -0.181. The van der Waals surface area contributed by atoms with Crippen molar-refractivity contribution in [3.63, 3.8) is 0 Å². The number of carbonyl (C=O) groups excluding carboxylic acids is 1. The Morgan fingerprint density at radius 1 is 1.04 bits per heavy atom. The van der Waals surface area contributed by atoms with Crippen molar-refractivity contribution in [1.82, 2.24) is 9.78 Å². The summed E-state index contributed by atoms with van der Waals surface area (Å²) in [6, 6.07) is 17.4. The van der Waals surface area contributed by atoms with Gasteiger partial charge in [-0.25, -0.2) is 4.68 Å². The van der Waals surface area contributed by atoms with Crippen LogP contribution in [-0.2, 0) is 11.2 Å². The van der Waals surface area contributed by atoms with E-state index in [-0.39, 0.29) is 11.3 Å². The Labute approximate surface area is 165 Å². The lowest BCUT2D eigenvalue weighted by Crippen LogP contribution is -2.24. The van der Waals surface area contributed by atoms with Crippen LogP contribution in [0.4, 0.5) is 5.82 Å². The first kappa shape index (κ1) is 19.5. The summed E-state index contributed by atoms with van der Waals surface area (Å²) >= 11 is 0. The lowest BCUT2D eigenvalue weighted by atomic mass is 10.0. The van der Waals surface area contributed by atoms with Crippen LogP contribution in [0.3, 0.4) is 0 Å². The maximum Gasteiger partial charge on any atom is 0.225 e. The smallest absolute Gasteiger partial charge is 0.225 e. The molecule has 3 rings (SSSR count). The average Bonchev–Trinajstić information content (AvgIpc) is 2.71. The summed E-state index contributed by atoms with van der Waals surface area (Å²) in [4.78, 5) is 25.4. The van der Waals surface area contributed by atoms with Crippen LogP contribution < -0.4 is 10.7 Å². The number of amides is 1. The monoisotopic (exact) mass is 375 g/mol. The summed E-state index contributed by atoms with van der Waals surface area (Å²) in [5.74, 6) is 0.271. The van der Waals surface area contributed by atoms with E-state index in [9.17, 15) is 9.59 Å². The Bertz CT molecular complexity index is 1020. The standard InChI is InChI=1S/C23H25N3O2/c1-4-9-20(27)24-23-21(18-10-7-6-8-11-18)22(28)16(3)25-26(23)19-14-12-17(5-2)13-15-19/h6-8,10-15H,4-5,9H2,1-3H3,(H,24,27). The molecule has 0 radical (unpaired) electrons. The second-order valence-corrected chi connectivity index (χ2v) is 6.73. The van der Waals surface area contributed by atoms with Gasteiger partial charge in [-0.3, -0.25) is 9.59 Å². The van der Waals surface area contributed by atoms with E-state index in [2.05, 4.69) is 17.3 Å². The number of hydrogen-bond donors (Lipinski definition) is 1. The molecular weight excluding hydrogens is 350 g/mol. The molecule has 0 atom stereocenters. The minimum Gasteiger partial charge on any atom is -0.310 e. The molecule has 1 heterocycles. The SMILES string of the molecule is CCCC(=O)Nc1c(-c2ccccc2)c(=O)c(C)nn1-c1ccc(CC)cc1. The van der Waals surface area contributed by atoms with Crippen LogP contribution in [-0.4, -0.2) is 15.7 Å². The maximum absolute atomic E-state index is 13.0. The molecule has 0 saturated carbocycles. The van der Waals surface area contributed by atoms with Crippen LogP contribution in [0.15, 0.2) is 59.4 Å². The van der Waals surface area contributed by atoms with Crippen LogP contribution in [0, 0.1) is 6.92 Å². The third-order valence-electron chi connectivity index (χ3n) is 4.64. The van der Waals surface area contributed by atoms with Crippen LogP contribution in [0.2, 0.25) is 0 Å². The molecule has 2 aromatic carbocycles. The van der Waals surface area contributed by atoms with Gasteiger partial charge in [0.1, 0.15) is 11.5 Å². The molecule has 28 heavy (non-hydrogen) atoms. The molecule has 0 fully saturated rings. The van der Waals surface area contributed by atoms with E-state index < -0.39 is 0 Å². The molecule has 1 aromatic heterocycles. The maximum atomic E-state index is 13.0. The number of benzene rings is 2. The Morgan fingerprint density at radius 2 is 1.71 bits per heavy atom. The van der Waals surface area contributed by atoms with Crippen molar-refractivity contribution in [2.45, 2.75) is 40.0 Å². The number of anilines is 1. The van der Waals surface area contributed by atoms with Crippen molar-refractivity contribution in [2.24, 2.45) is 0 Å². The molecule has 3 aromatic rings. The molecule has 5 heteroatoms. The first-order chi connectivity index (χ1) is 13.5. The predicted octanol–water partition coefficient (Wildman–Crippen LogP) is 4.51. The third-order valence-corrected chi connectivity index (χ3v) is 4.64. The molecule has 0 aliphatic rings. The van der Waals surface area contributed by atoms with Gasteiger partial charge in [0.05, 0.1) is 11.3 Å². The number of aromatic nitrogens is 2. The second-order valence-electron chi connectivity index (χ2n) is 6.73. The van der Waals surface area contributed by atoms with Crippen molar-refractivity contribution in [3.05, 3.63) is 76.1 Å². The molecule has 1 N–H and O–H groups in total. The molecule has 5 nitrogen and oxygen atoms in total. The fourth-order valence-corrected chi connectivity index (χ4v) is 3.11. The zero-order valence-electron chi connectivity index (χ0n) is 16.5. The van der Waals surface area contributed by atoms with Gasteiger partial charge in [-0.2, -0.15) is 5.10 Å². The molecular formula is C23H25N3O2. The Kier molecular flexibility index (Phi) is 6.04. The average molecular weight is 375 g/mol. The van der Waals surface area contributed by atoms with E-state index in [0.29, 0.717) is 23.5 Å². The predicted molar refractivity (Wildman–Crippen MR) is 113 cm³/mol. The van der Waals surface area contributed by atoms with E-state index in [1.165, 1.54) is 5.56 Å². The van der Waals surface area contributed by atoms with Crippen molar-refractivity contribution in [2.75, 3.05) is 5.32 Å². The van der Waals surface area contributed by atoms with Crippen LogP contribution in [0.5, 0.6) is 0 Å². The first-order valence-electron chi connectivity index (χ1n) is 9.63. The van der Waals surface area contributed by atoms with Crippen molar-refractivity contribution in [3.8, 4) is 16.8 Å². The number of nitrogens with zero attached hydrogens (tertiary/aromatic N) is 2. The van der Waals surface area contributed by atoms with Gasteiger partial charge < -0.3 is 5.32 Å². The van der Waals surface area contributed by atoms with Crippen molar-refractivity contribution >= 4 is 11.7 Å². The molecule has 0 aliphatic heterocycles. The van der Waals surface area contributed by atoms with Crippen LogP contribution in [0.25, 0.3) is 16.8 Å². The first-order valence-corrected chi connectivity index (χ1v) is 9.63. The summed E-state index contributed by atoms with van der Waals surface area (Å²) in [5.41, 5.74) is 3.41. The highest BCUT2D eigenvalue weighted by Crippen LogP contribution is 2.27. The number of aryl methyl sites for hydroxylation is 2. The summed E-state index contributed by atoms with van der Waals surface area (Å²) in [5, 5.41) is 7.42. The van der Waals surface area contributed by atoms with Crippen molar-refractivity contribution in [1.29, 1.82) is 0 Å². The Hall–Kier alpha value is -3.21. The molecule has 0 unspecified atom stereocenters. The lowest BCUT2D eigenvalue weighted by Gasteiger charge is -2.18. The molecule has 1 amide bonds. The molecule has 0 spiro atoms. The van der Waals surface area contributed by atoms with Gasteiger partial charge >= 0.3 is 0 Å². The Balaban J connectivity index is 2.26. The zero-order chi connectivity index (χ0) is 20.1. The van der Waals surface area contributed by atoms with E-state index in [1.807, 2.05) is 61.5 Å². The van der Waals surface area contributed by atoms with Gasteiger partial charge in [0.25, 0.3) is 0 Å². The van der Waals surface area contributed by atoms with E-state index in [1.54, 1.807) is 11.6 Å². The van der Waals surface area contributed by atoms with Crippen LogP contribution >= 0.6 is 0 Å². The Morgan fingerprint density at radius 3 is 2.32 bits per heavy atom. The van der Waals surface area contributed by atoms with E-state index in [0.717, 1.165) is 24.1 Å². The van der Waals surface area contributed by atoms with E-state index >= 15 is 0 Å². The molecule has 0 saturated heterocycles. The topological polar surface area (TPSA) is 64.0 Å². The highest BCUT2D eigenvalue weighted by Gasteiger charge is 2.19. The van der Waals surface area contributed by atoms with Gasteiger partial charge in [-0.15, -0.1) is 0 Å². The lowest BCUT2D eigenvalue weighted by molar-refractivity contribution is -0.116. The number of hydrogen-bond acceptors (Lipinski definition) is 3. The van der Waals surface area contributed by atoms with Crippen LogP contribution in [0.1, 0.15) is 37.9 Å². The fourth-order valence-electron chi connectivity index (χ4n) is 3.11. The normalized spacial score (nSPS) is 10.7.